The number of nitriles is 1. The molecule has 0 radical (unpaired) electrons. The molecule has 0 amide bonds. The number of hydrogen-bond acceptors (Lipinski definition) is 6. The fourth-order valence-corrected chi connectivity index (χ4v) is 3.76. The van der Waals surface area contributed by atoms with Crippen molar-refractivity contribution in [3.63, 3.8) is 0 Å². The van der Waals surface area contributed by atoms with Crippen LogP contribution in [0.4, 0.5) is 5.69 Å². The summed E-state index contributed by atoms with van der Waals surface area (Å²) in [5, 5.41) is 23.9. The van der Waals surface area contributed by atoms with Crippen LogP contribution in [0.1, 0.15) is 10.6 Å². The number of hydrogen-bond donors (Lipinski definition) is 0. The number of thiazole rings is 1. The maximum atomic E-state index is 11.2. The Morgan fingerprint density at radius 1 is 1.32 bits per heavy atom. The number of halogens is 2. The maximum Gasteiger partial charge on any atom is 0.311 e. The molecule has 3 rings (SSSR count). The van der Waals surface area contributed by atoms with Gasteiger partial charge in [0.1, 0.15) is 11.1 Å². The van der Waals surface area contributed by atoms with Crippen LogP contribution in [-0.4, -0.2) is 17.0 Å². The first-order valence-corrected chi connectivity index (χ1v) is 9.42. The number of benzene rings is 2. The first kappa shape index (κ1) is 19.8. The van der Waals surface area contributed by atoms with E-state index < -0.39 is 4.92 Å². The standard InChI is InChI=1S/C19H11Cl2N3O3S/c1-27-18-5-2-11(7-17(18)24(25)26)6-12(9-22)19-23-16(10-28-19)14-4-3-13(20)8-15(14)21/h2-8,10H,1H3/b12-6+. The Balaban J connectivity index is 1.99. The third-order valence-electron chi connectivity index (χ3n) is 3.77. The second-order valence-electron chi connectivity index (χ2n) is 5.52. The summed E-state index contributed by atoms with van der Waals surface area (Å²) in [6.07, 6.45) is 1.54. The first-order chi connectivity index (χ1) is 13.4. The largest absolute Gasteiger partial charge is 0.490 e. The van der Waals surface area contributed by atoms with Crippen LogP contribution in [0.2, 0.25) is 10.0 Å². The fraction of sp³-hybridized carbons (Fsp3) is 0.0526. The molecule has 0 bridgehead atoms. The maximum absolute atomic E-state index is 11.2. The van der Waals surface area contributed by atoms with Crippen molar-refractivity contribution < 1.29 is 9.66 Å². The number of allylic oxidation sites excluding steroid dienone is 1. The molecule has 2 aromatic carbocycles. The average Bonchev–Trinajstić information content (AvgIpc) is 3.15. The topological polar surface area (TPSA) is 89.0 Å². The zero-order chi connectivity index (χ0) is 20.3. The van der Waals surface area contributed by atoms with E-state index in [1.165, 1.54) is 30.6 Å². The zero-order valence-electron chi connectivity index (χ0n) is 14.3. The van der Waals surface area contributed by atoms with E-state index in [0.717, 1.165) is 0 Å². The summed E-state index contributed by atoms with van der Waals surface area (Å²) in [4.78, 5) is 15.1. The number of rotatable bonds is 5. The molecule has 3 aromatic rings. The van der Waals surface area contributed by atoms with Crippen molar-refractivity contribution in [1.29, 1.82) is 5.26 Å². The average molecular weight is 432 g/mol. The second kappa shape index (κ2) is 8.40. The number of nitrogens with zero attached hydrogens (tertiary/aromatic N) is 3. The van der Waals surface area contributed by atoms with Crippen molar-refractivity contribution in [2.45, 2.75) is 0 Å². The SMILES string of the molecule is COc1ccc(/C=C(\C#N)c2nc(-c3ccc(Cl)cc3Cl)cs2)cc1[N+](=O)[O-]. The van der Waals surface area contributed by atoms with E-state index in [4.69, 9.17) is 27.9 Å². The quantitative estimate of drug-likeness (QED) is 0.276. The van der Waals surface area contributed by atoms with Crippen LogP contribution in [0, 0.1) is 21.4 Å². The third kappa shape index (κ3) is 4.15. The van der Waals surface area contributed by atoms with Gasteiger partial charge in [0.05, 0.1) is 28.3 Å². The van der Waals surface area contributed by atoms with Crippen LogP contribution in [0.3, 0.4) is 0 Å². The van der Waals surface area contributed by atoms with Gasteiger partial charge < -0.3 is 4.74 Å². The van der Waals surface area contributed by atoms with Gasteiger partial charge in [0.2, 0.25) is 0 Å². The van der Waals surface area contributed by atoms with Gasteiger partial charge in [-0.25, -0.2) is 4.98 Å². The molecule has 6 nitrogen and oxygen atoms in total. The van der Waals surface area contributed by atoms with E-state index in [0.29, 0.717) is 31.9 Å². The molecule has 0 aliphatic carbocycles. The van der Waals surface area contributed by atoms with Crippen molar-refractivity contribution in [3.8, 4) is 23.1 Å². The van der Waals surface area contributed by atoms with Crippen LogP contribution in [0.25, 0.3) is 22.9 Å². The number of nitro groups is 1. The molecular weight excluding hydrogens is 421 g/mol. The lowest BCUT2D eigenvalue weighted by atomic mass is 10.1. The van der Waals surface area contributed by atoms with Gasteiger partial charge in [-0.05, 0) is 35.9 Å². The lowest BCUT2D eigenvalue weighted by Gasteiger charge is -2.03. The summed E-state index contributed by atoms with van der Waals surface area (Å²) in [5.74, 6) is 0.148. The minimum atomic E-state index is -0.535. The molecule has 1 aromatic heterocycles. The van der Waals surface area contributed by atoms with Crippen molar-refractivity contribution in [2.24, 2.45) is 0 Å². The van der Waals surface area contributed by atoms with Crippen LogP contribution in [0.15, 0.2) is 41.8 Å². The van der Waals surface area contributed by atoms with E-state index >= 15 is 0 Å². The minimum Gasteiger partial charge on any atom is -0.490 e. The highest BCUT2D eigenvalue weighted by Gasteiger charge is 2.16. The Hall–Kier alpha value is -2.92. The van der Waals surface area contributed by atoms with Gasteiger partial charge in [0.15, 0.2) is 5.75 Å². The van der Waals surface area contributed by atoms with Gasteiger partial charge in [-0.2, -0.15) is 5.26 Å². The molecule has 0 aliphatic heterocycles. The van der Waals surface area contributed by atoms with Crippen molar-refractivity contribution in [1.82, 2.24) is 4.98 Å². The van der Waals surface area contributed by atoms with Crippen molar-refractivity contribution in [2.75, 3.05) is 7.11 Å². The Morgan fingerprint density at radius 2 is 2.11 bits per heavy atom. The van der Waals surface area contributed by atoms with Crippen molar-refractivity contribution in [3.05, 3.63) is 72.5 Å². The van der Waals surface area contributed by atoms with Gasteiger partial charge in [-0.15, -0.1) is 11.3 Å². The van der Waals surface area contributed by atoms with E-state index in [1.54, 1.807) is 35.7 Å². The van der Waals surface area contributed by atoms with Gasteiger partial charge >= 0.3 is 5.69 Å². The van der Waals surface area contributed by atoms with Crippen LogP contribution < -0.4 is 4.74 Å². The minimum absolute atomic E-state index is 0.148. The smallest absolute Gasteiger partial charge is 0.311 e. The summed E-state index contributed by atoms with van der Waals surface area (Å²) in [7, 11) is 1.36. The highest BCUT2D eigenvalue weighted by atomic mass is 35.5. The van der Waals surface area contributed by atoms with E-state index in [-0.39, 0.29) is 17.0 Å². The summed E-state index contributed by atoms with van der Waals surface area (Å²) < 4.78 is 4.99. The fourth-order valence-electron chi connectivity index (χ4n) is 2.47. The van der Waals surface area contributed by atoms with Crippen molar-refractivity contribution >= 4 is 51.9 Å². The molecule has 0 saturated carbocycles. The number of nitro benzene ring substituents is 1. The lowest BCUT2D eigenvalue weighted by Crippen LogP contribution is -1.94. The molecule has 1 heterocycles. The molecule has 0 atom stereocenters. The lowest BCUT2D eigenvalue weighted by molar-refractivity contribution is -0.385. The van der Waals surface area contributed by atoms with Gasteiger partial charge in [-0.3, -0.25) is 10.1 Å². The summed E-state index contributed by atoms with van der Waals surface area (Å²) in [5.41, 5.74) is 1.90. The highest BCUT2D eigenvalue weighted by Crippen LogP contribution is 2.34. The van der Waals surface area contributed by atoms with Gasteiger partial charge in [0.25, 0.3) is 0 Å². The monoisotopic (exact) mass is 431 g/mol. The molecule has 0 N–H and O–H groups in total. The second-order valence-corrected chi connectivity index (χ2v) is 7.22. The normalized spacial score (nSPS) is 11.1. The summed E-state index contributed by atoms with van der Waals surface area (Å²) in [6.45, 7) is 0. The Bertz CT molecular complexity index is 1140. The Labute approximate surface area is 174 Å². The Kier molecular flexibility index (Phi) is 5.95. The zero-order valence-corrected chi connectivity index (χ0v) is 16.7. The van der Waals surface area contributed by atoms with Gasteiger partial charge in [-0.1, -0.05) is 29.3 Å². The van der Waals surface area contributed by atoms with E-state index in [1.807, 2.05) is 0 Å². The molecule has 0 unspecified atom stereocenters. The molecule has 0 aliphatic rings. The molecular formula is C19H11Cl2N3O3S. The van der Waals surface area contributed by atoms with Crippen LogP contribution in [-0.2, 0) is 0 Å². The number of ether oxygens (including phenoxy) is 1. The predicted molar refractivity (Wildman–Crippen MR) is 111 cm³/mol. The molecule has 28 heavy (non-hydrogen) atoms. The Morgan fingerprint density at radius 3 is 2.75 bits per heavy atom. The predicted octanol–water partition coefficient (Wildman–Crippen LogP) is 6.10. The number of aromatic nitrogens is 1. The number of methoxy groups -OCH3 is 1. The summed E-state index contributed by atoms with van der Waals surface area (Å²) >= 11 is 13.4. The van der Waals surface area contributed by atoms with E-state index in [9.17, 15) is 15.4 Å². The molecule has 0 spiro atoms. The summed E-state index contributed by atoms with van der Waals surface area (Å²) in [6, 6.07) is 11.6. The molecule has 0 saturated heterocycles. The first-order valence-electron chi connectivity index (χ1n) is 7.78. The molecule has 140 valence electrons. The van der Waals surface area contributed by atoms with Crippen LogP contribution in [0.5, 0.6) is 5.75 Å². The third-order valence-corrected chi connectivity index (χ3v) is 5.20. The highest BCUT2D eigenvalue weighted by molar-refractivity contribution is 7.11. The molecule has 9 heteroatoms. The van der Waals surface area contributed by atoms with E-state index in [2.05, 4.69) is 11.1 Å². The molecule has 0 fully saturated rings. The van der Waals surface area contributed by atoms with Gasteiger partial charge in [0, 0.05) is 22.0 Å². The van der Waals surface area contributed by atoms with Crippen LogP contribution >= 0.6 is 34.5 Å².